The minimum absolute atomic E-state index is 0.958. The van der Waals surface area contributed by atoms with Gasteiger partial charge in [0.15, 0.2) is 0 Å². The lowest BCUT2D eigenvalue weighted by Crippen LogP contribution is -2.04. The quantitative estimate of drug-likeness (QED) is 0.469. The van der Waals surface area contributed by atoms with Gasteiger partial charge in [-0.25, -0.2) is 4.79 Å². The zero-order valence-corrected chi connectivity index (χ0v) is 5.70. The molecule has 0 saturated carbocycles. The smallest absolute Gasteiger partial charge is 0.450 e. The summed E-state index contributed by atoms with van der Waals surface area (Å²) in [5.41, 5.74) is 0. The maximum absolute atomic E-state index is 9.15. The van der Waals surface area contributed by atoms with Crippen LogP contribution in [0.15, 0.2) is 4.99 Å². The van der Waals surface area contributed by atoms with E-state index in [0.717, 1.165) is 20.2 Å². The number of ether oxygens (including phenoxy) is 1. The molecule has 10 heavy (non-hydrogen) atoms. The second-order valence-electron chi connectivity index (χ2n) is 1.46. The molecule has 0 amide bonds. The van der Waals surface area contributed by atoms with Crippen molar-refractivity contribution in [3.05, 3.63) is 0 Å². The summed E-state index contributed by atoms with van der Waals surface area (Å²) in [4.78, 5) is 13.0. The van der Waals surface area contributed by atoms with Crippen molar-refractivity contribution in [3.8, 4) is 0 Å². The van der Waals surface area contributed by atoms with Crippen LogP contribution in [-0.2, 0) is 4.74 Å². The standard InChI is InChI=1S/C3H6N2.C2H4O3/c1-2-5-3-4-1;1-5-2(3)4/h3H,1-2H2,(H,4,5);1H3,(H,3,4). The van der Waals surface area contributed by atoms with Gasteiger partial charge in [-0.2, -0.15) is 0 Å². The summed E-state index contributed by atoms with van der Waals surface area (Å²) in [7, 11) is 1.10. The second kappa shape index (κ2) is 5.87. The largest absolute Gasteiger partial charge is 0.505 e. The Morgan fingerprint density at radius 1 is 1.90 bits per heavy atom. The molecule has 5 nitrogen and oxygen atoms in total. The van der Waals surface area contributed by atoms with Crippen molar-refractivity contribution < 1.29 is 14.6 Å². The van der Waals surface area contributed by atoms with Crippen LogP contribution in [0.2, 0.25) is 0 Å². The summed E-state index contributed by atoms with van der Waals surface area (Å²) in [6, 6.07) is 0. The fraction of sp³-hybridized carbons (Fsp3) is 0.600. The lowest BCUT2D eigenvalue weighted by molar-refractivity contribution is 0.114. The first kappa shape index (κ1) is 8.74. The van der Waals surface area contributed by atoms with Gasteiger partial charge in [-0.15, -0.1) is 0 Å². The van der Waals surface area contributed by atoms with Crippen molar-refractivity contribution in [2.75, 3.05) is 20.2 Å². The van der Waals surface area contributed by atoms with Crippen LogP contribution in [0.1, 0.15) is 0 Å². The highest BCUT2D eigenvalue weighted by atomic mass is 16.6. The van der Waals surface area contributed by atoms with Crippen LogP contribution in [-0.4, -0.2) is 37.8 Å². The van der Waals surface area contributed by atoms with Gasteiger partial charge >= 0.3 is 6.16 Å². The molecule has 5 heteroatoms. The molecule has 1 aliphatic heterocycles. The van der Waals surface area contributed by atoms with E-state index in [1.54, 1.807) is 6.34 Å². The maximum atomic E-state index is 9.15. The normalized spacial score (nSPS) is 12.9. The molecule has 0 fully saturated rings. The Balaban J connectivity index is 0.000000162. The second-order valence-corrected chi connectivity index (χ2v) is 1.46. The Hall–Kier alpha value is -1.26. The van der Waals surface area contributed by atoms with E-state index >= 15 is 0 Å². The number of rotatable bonds is 0. The number of carbonyl (C=O) groups is 1. The van der Waals surface area contributed by atoms with Crippen LogP contribution in [0, 0.1) is 0 Å². The first-order chi connectivity index (χ1) is 4.77. The highest BCUT2D eigenvalue weighted by Gasteiger charge is 1.82. The van der Waals surface area contributed by atoms with Crippen LogP contribution < -0.4 is 5.32 Å². The van der Waals surface area contributed by atoms with Gasteiger partial charge < -0.3 is 15.2 Å². The van der Waals surface area contributed by atoms with E-state index in [-0.39, 0.29) is 0 Å². The average molecular weight is 146 g/mol. The molecule has 0 aromatic heterocycles. The lowest BCUT2D eigenvalue weighted by atomic mass is 10.7. The Bertz CT molecular complexity index is 118. The minimum atomic E-state index is -1.25. The molecule has 1 aliphatic rings. The number of aliphatic imine (C=N–C) groups is 1. The fourth-order valence-corrected chi connectivity index (χ4v) is 0.323. The van der Waals surface area contributed by atoms with Gasteiger partial charge in [0.25, 0.3) is 0 Å². The molecule has 0 radical (unpaired) electrons. The number of hydrogen-bond acceptors (Lipinski definition) is 4. The molecule has 0 saturated heterocycles. The molecule has 0 aliphatic carbocycles. The summed E-state index contributed by atoms with van der Waals surface area (Å²) in [6.07, 6.45) is 0.491. The van der Waals surface area contributed by atoms with E-state index in [1.165, 1.54) is 0 Å². The van der Waals surface area contributed by atoms with Crippen molar-refractivity contribution in [2.45, 2.75) is 0 Å². The molecular weight excluding hydrogens is 136 g/mol. The number of methoxy groups -OCH3 is 1. The zero-order valence-electron chi connectivity index (χ0n) is 5.70. The van der Waals surface area contributed by atoms with Gasteiger partial charge in [-0.05, 0) is 0 Å². The highest BCUT2D eigenvalue weighted by molar-refractivity contribution is 5.56. The van der Waals surface area contributed by atoms with E-state index in [1.807, 2.05) is 0 Å². The van der Waals surface area contributed by atoms with E-state index in [2.05, 4.69) is 15.0 Å². The van der Waals surface area contributed by atoms with Crippen LogP contribution >= 0.6 is 0 Å². The molecule has 1 heterocycles. The predicted molar refractivity (Wildman–Crippen MR) is 36.4 cm³/mol. The lowest BCUT2D eigenvalue weighted by Gasteiger charge is -1.79. The summed E-state index contributed by atoms with van der Waals surface area (Å²) in [5, 5.41) is 10.4. The SMILES string of the molecule is C1=NCCN1.COC(=O)O. The van der Waals surface area contributed by atoms with Gasteiger partial charge in [0.2, 0.25) is 0 Å². The van der Waals surface area contributed by atoms with Crippen molar-refractivity contribution in [3.63, 3.8) is 0 Å². The van der Waals surface area contributed by atoms with E-state index in [0.29, 0.717) is 0 Å². The summed E-state index contributed by atoms with van der Waals surface area (Å²) in [5.74, 6) is 0. The van der Waals surface area contributed by atoms with Crippen LogP contribution in [0.3, 0.4) is 0 Å². The molecule has 0 atom stereocenters. The summed E-state index contributed by atoms with van der Waals surface area (Å²) < 4.78 is 3.67. The van der Waals surface area contributed by atoms with Gasteiger partial charge in [0, 0.05) is 6.54 Å². The number of nitrogens with one attached hydrogen (secondary N) is 1. The monoisotopic (exact) mass is 146 g/mol. The van der Waals surface area contributed by atoms with Crippen LogP contribution in [0.4, 0.5) is 4.79 Å². The Morgan fingerprint density at radius 2 is 2.50 bits per heavy atom. The fourth-order valence-electron chi connectivity index (χ4n) is 0.323. The van der Waals surface area contributed by atoms with Crippen molar-refractivity contribution in [1.29, 1.82) is 0 Å². The Labute approximate surface area is 58.7 Å². The molecule has 58 valence electrons. The number of hydrogen-bond donors (Lipinski definition) is 2. The highest BCUT2D eigenvalue weighted by Crippen LogP contribution is 1.68. The van der Waals surface area contributed by atoms with E-state index < -0.39 is 6.16 Å². The van der Waals surface area contributed by atoms with Gasteiger partial charge in [-0.3, -0.25) is 4.99 Å². The number of nitrogens with zero attached hydrogens (tertiary/aromatic N) is 1. The minimum Gasteiger partial charge on any atom is -0.450 e. The third-order valence-electron chi connectivity index (χ3n) is 0.742. The van der Waals surface area contributed by atoms with Crippen LogP contribution in [0.5, 0.6) is 0 Å². The molecule has 0 bridgehead atoms. The number of carboxylic acid groups (broad SMARTS) is 1. The Kier molecular flexibility index (Phi) is 5.13. The summed E-state index contributed by atoms with van der Waals surface area (Å²) >= 11 is 0. The van der Waals surface area contributed by atoms with Crippen molar-refractivity contribution in [1.82, 2.24) is 5.32 Å². The zero-order chi connectivity index (χ0) is 7.82. The van der Waals surface area contributed by atoms with Crippen molar-refractivity contribution >= 4 is 12.5 Å². The van der Waals surface area contributed by atoms with Crippen LogP contribution in [0.25, 0.3) is 0 Å². The summed E-state index contributed by atoms with van der Waals surface area (Å²) in [6.45, 7) is 1.99. The maximum Gasteiger partial charge on any atom is 0.505 e. The molecular formula is C5H10N2O3. The molecule has 0 aromatic carbocycles. The van der Waals surface area contributed by atoms with Gasteiger partial charge in [0.05, 0.1) is 20.0 Å². The van der Waals surface area contributed by atoms with E-state index in [9.17, 15) is 0 Å². The molecule has 2 N–H and O–H groups in total. The average Bonchev–Trinajstić information content (AvgIpc) is 2.43. The third kappa shape index (κ3) is 6.74. The Morgan fingerprint density at radius 3 is 2.60 bits per heavy atom. The molecule has 0 aromatic rings. The van der Waals surface area contributed by atoms with Gasteiger partial charge in [0.1, 0.15) is 0 Å². The first-order valence-corrected chi connectivity index (χ1v) is 2.76. The third-order valence-corrected chi connectivity index (χ3v) is 0.742. The molecule has 0 spiro atoms. The van der Waals surface area contributed by atoms with E-state index in [4.69, 9.17) is 9.90 Å². The molecule has 1 rings (SSSR count). The predicted octanol–water partition coefficient (Wildman–Crippen LogP) is -0.0713. The topological polar surface area (TPSA) is 70.9 Å². The molecule has 0 unspecified atom stereocenters. The van der Waals surface area contributed by atoms with Crippen molar-refractivity contribution in [2.24, 2.45) is 4.99 Å². The van der Waals surface area contributed by atoms with Gasteiger partial charge in [-0.1, -0.05) is 0 Å². The first-order valence-electron chi connectivity index (χ1n) is 2.76.